The summed E-state index contributed by atoms with van der Waals surface area (Å²) in [4.78, 5) is 20.8. The lowest BCUT2D eigenvalue weighted by atomic mass is 10.1. The van der Waals surface area contributed by atoms with E-state index in [0.29, 0.717) is 12.6 Å². The molecule has 0 aromatic carbocycles. The van der Waals surface area contributed by atoms with E-state index in [1.54, 1.807) is 18.4 Å². The lowest BCUT2D eigenvalue weighted by Gasteiger charge is -2.36. The van der Waals surface area contributed by atoms with Gasteiger partial charge in [0.2, 0.25) is 0 Å². The third-order valence-corrected chi connectivity index (χ3v) is 7.62. The van der Waals surface area contributed by atoms with Crippen LogP contribution in [0.5, 0.6) is 5.06 Å². The Bertz CT molecular complexity index is 666. The van der Waals surface area contributed by atoms with Gasteiger partial charge in [-0.05, 0) is 63.2 Å². The van der Waals surface area contributed by atoms with Crippen LogP contribution in [0.15, 0.2) is 6.07 Å². The van der Waals surface area contributed by atoms with Crippen molar-refractivity contribution in [1.29, 1.82) is 0 Å². The van der Waals surface area contributed by atoms with Crippen molar-refractivity contribution in [2.24, 2.45) is 0 Å². The molecule has 0 saturated carbocycles. The molecule has 3 aliphatic rings. The number of likely N-dealkylation sites (tertiary alicyclic amines) is 2. The zero-order chi connectivity index (χ0) is 20.1. The summed E-state index contributed by atoms with van der Waals surface area (Å²) in [5.74, 6) is 0. The first kappa shape index (κ1) is 20.9. The minimum Gasteiger partial charge on any atom is -0.484 e. The van der Waals surface area contributed by atoms with Crippen LogP contribution in [0, 0.1) is 0 Å². The quantitative estimate of drug-likeness (QED) is 0.659. The third-order valence-electron chi connectivity index (χ3n) is 6.47. The Balaban J connectivity index is 1.22. The van der Waals surface area contributed by atoms with E-state index >= 15 is 0 Å². The molecular formula is C22H35N3O3S. The van der Waals surface area contributed by atoms with Gasteiger partial charge < -0.3 is 24.2 Å². The minimum absolute atomic E-state index is 0.181. The Morgan fingerprint density at radius 3 is 2.66 bits per heavy atom. The highest BCUT2D eigenvalue weighted by molar-refractivity contribution is 7.14. The molecule has 4 heterocycles. The first-order chi connectivity index (χ1) is 14.2. The fraction of sp³-hybridized carbons (Fsp3) is 0.773. The maximum atomic E-state index is 12.9. The first-order valence-electron chi connectivity index (χ1n) is 11.3. The molecule has 0 radical (unpaired) electrons. The van der Waals surface area contributed by atoms with Gasteiger partial charge in [0.15, 0.2) is 5.06 Å². The second-order valence-electron chi connectivity index (χ2n) is 8.49. The van der Waals surface area contributed by atoms with Crippen LogP contribution in [-0.2, 0) is 17.7 Å². The van der Waals surface area contributed by atoms with Crippen molar-refractivity contribution in [2.45, 2.75) is 57.6 Å². The Kier molecular flexibility index (Phi) is 7.32. The van der Waals surface area contributed by atoms with Gasteiger partial charge in [0.05, 0.1) is 12.7 Å². The summed E-state index contributed by atoms with van der Waals surface area (Å²) in [6, 6.07) is 2.35. The van der Waals surface area contributed by atoms with Crippen LogP contribution in [0.25, 0.3) is 0 Å². The maximum Gasteiger partial charge on any atom is 0.320 e. The number of fused-ring (bicyclic) bond motifs is 1. The van der Waals surface area contributed by atoms with Gasteiger partial charge in [0.1, 0.15) is 0 Å². The summed E-state index contributed by atoms with van der Waals surface area (Å²) in [5, 5.41) is 1.02. The minimum atomic E-state index is 0.181. The van der Waals surface area contributed by atoms with E-state index in [9.17, 15) is 4.79 Å². The first-order valence-corrected chi connectivity index (χ1v) is 12.1. The molecule has 1 aromatic heterocycles. The highest BCUT2D eigenvalue weighted by atomic mass is 32.1. The Hall–Kier alpha value is -1.31. The second-order valence-corrected chi connectivity index (χ2v) is 9.59. The number of thiophene rings is 1. The van der Waals surface area contributed by atoms with Gasteiger partial charge in [-0.15, -0.1) is 11.3 Å². The number of methoxy groups -OCH3 is 1. The predicted octanol–water partition coefficient (Wildman–Crippen LogP) is 3.59. The van der Waals surface area contributed by atoms with Crippen molar-refractivity contribution in [1.82, 2.24) is 14.7 Å². The summed E-state index contributed by atoms with van der Waals surface area (Å²) in [6.45, 7) is 7.56. The van der Waals surface area contributed by atoms with E-state index in [4.69, 9.17) is 9.47 Å². The molecule has 162 valence electrons. The average molecular weight is 422 g/mol. The van der Waals surface area contributed by atoms with E-state index < -0.39 is 0 Å². The number of nitrogens with zero attached hydrogens (tertiary/aromatic N) is 3. The molecule has 4 rings (SSSR count). The van der Waals surface area contributed by atoms with Gasteiger partial charge >= 0.3 is 6.03 Å². The largest absolute Gasteiger partial charge is 0.484 e. The number of hydrogen-bond acceptors (Lipinski definition) is 5. The smallest absolute Gasteiger partial charge is 0.320 e. The topological polar surface area (TPSA) is 45.3 Å². The van der Waals surface area contributed by atoms with Crippen molar-refractivity contribution in [3.8, 4) is 5.06 Å². The van der Waals surface area contributed by atoms with Crippen LogP contribution < -0.4 is 4.74 Å². The predicted molar refractivity (Wildman–Crippen MR) is 116 cm³/mol. The molecule has 0 atom stereocenters. The number of hydrogen-bond donors (Lipinski definition) is 0. The third kappa shape index (κ3) is 5.44. The van der Waals surface area contributed by atoms with Gasteiger partial charge in [-0.1, -0.05) is 6.42 Å². The van der Waals surface area contributed by atoms with Crippen LogP contribution in [0.2, 0.25) is 0 Å². The number of amides is 2. The zero-order valence-electron chi connectivity index (χ0n) is 17.7. The van der Waals surface area contributed by atoms with Crippen LogP contribution in [0.3, 0.4) is 0 Å². The SMILES string of the molecule is COC1CCN(C(=O)N2CCc3sc(OCCCN4CCCCC4)cc3C2)CC1. The monoisotopic (exact) mass is 421 g/mol. The summed E-state index contributed by atoms with van der Waals surface area (Å²) in [5.41, 5.74) is 1.27. The molecular weight excluding hydrogens is 386 g/mol. The van der Waals surface area contributed by atoms with E-state index in [2.05, 4.69) is 11.0 Å². The standard InChI is InChI=1S/C22H35N3O3S/c1-27-19-6-12-24(13-7-19)22(26)25-14-8-20-18(17-25)16-21(29-20)28-15-5-11-23-9-3-2-4-10-23/h16,19H,2-15,17H2,1H3. The van der Waals surface area contributed by atoms with Crippen LogP contribution >= 0.6 is 11.3 Å². The van der Waals surface area contributed by atoms with Crippen molar-refractivity contribution in [3.63, 3.8) is 0 Å². The number of carbonyl (C=O) groups excluding carboxylic acids is 1. The van der Waals surface area contributed by atoms with Crippen LogP contribution in [0.4, 0.5) is 4.79 Å². The highest BCUT2D eigenvalue weighted by Crippen LogP contribution is 2.34. The fourth-order valence-electron chi connectivity index (χ4n) is 4.67. The summed E-state index contributed by atoms with van der Waals surface area (Å²) in [7, 11) is 1.76. The molecule has 0 spiro atoms. The normalized spacial score (nSPS) is 21.3. The van der Waals surface area contributed by atoms with E-state index in [1.165, 1.54) is 42.8 Å². The molecule has 2 amide bonds. The molecule has 2 fully saturated rings. The molecule has 0 aliphatic carbocycles. The van der Waals surface area contributed by atoms with Crippen LogP contribution in [0.1, 0.15) is 49.0 Å². The molecule has 1 aromatic rings. The van der Waals surface area contributed by atoms with Crippen LogP contribution in [-0.4, -0.2) is 79.8 Å². The number of piperidine rings is 2. The summed E-state index contributed by atoms with van der Waals surface area (Å²) in [6.07, 6.45) is 8.29. The van der Waals surface area contributed by atoms with E-state index in [-0.39, 0.29) is 6.03 Å². The second kappa shape index (κ2) is 10.1. The van der Waals surface area contributed by atoms with Gasteiger partial charge in [0.25, 0.3) is 0 Å². The average Bonchev–Trinajstić information content (AvgIpc) is 3.19. The Morgan fingerprint density at radius 1 is 1.10 bits per heavy atom. The van der Waals surface area contributed by atoms with Gasteiger partial charge in [0, 0.05) is 44.7 Å². The number of carbonyl (C=O) groups is 1. The van der Waals surface area contributed by atoms with E-state index in [1.807, 2.05) is 9.80 Å². The Labute approximate surface area is 178 Å². The molecule has 29 heavy (non-hydrogen) atoms. The van der Waals surface area contributed by atoms with Crippen molar-refractivity contribution in [3.05, 3.63) is 16.5 Å². The summed E-state index contributed by atoms with van der Waals surface area (Å²) < 4.78 is 11.5. The van der Waals surface area contributed by atoms with E-state index in [0.717, 1.165) is 63.5 Å². The molecule has 2 saturated heterocycles. The van der Waals surface area contributed by atoms with Gasteiger partial charge in [-0.2, -0.15) is 0 Å². The maximum absolute atomic E-state index is 12.9. The number of rotatable bonds is 6. The fourth-order valence-corrected chi connectivity index (χ4v) is 5.70. The van der Waals surface area contributed by atoms with Gasteiger partial charge in [-0.3, -0.25) is 0 Å². The lowest BCUT2D eigenvalue weighted by Crippen LogP contribution is -2.48. The molecule has 7 heteroatoms. The summed E-state index contributed by atoms with van der Waals surface area (Å²) >= 11 is 1.77. The van der Waals surface area contributed by atoms with Crippen molar-refractivity contribution in [2.75, 3.05) is 53.0 Å². The molecule has 0 N–H and O–H groups in total. The number of urea groups is 1. The van der Waals surface area contributed by atoms with Crippen molar-refractivity contribution < 1.29 is 14.3 Å². The number of ether oxygens (including phenoxy) is 2. The van der Waals surface area contributed by atoms with Crippen molar-refractivity contribution >= 4 is 17.4 Å². The molecule has 3 aliphatic heterocycles. The molecule has 0 unspecified atom stereocenters. The molecule has 0 bridgehead atoms. The van der Waals surface area contributed by atoms with Gasteiger partial charge in [-0.25, -0.2) is 4.79 Å². The Morgan fingerprint density at radius 2 is 1.90 bits per heavy atom. The zero-order valence-corrected chi connectivity index (χ0v) is 18.6. The lowest BCUT2D eigenvalue weighted by molar-refractivity contribution is 0.0438. The highest BCUT2D eigenvalue weighted by Gasteiger charge is 2.29. The molecule has 6 nitrogen and oxygen atoms in total.